The van der Waals surface area contributed by atoms with E-state index in [2.05, 4.69) is 60.4 Å². The van der Waals surface area contributed by atoms with Gasteiger partial charge in [0.25, 0.3) is 0 Å². The van der Waals surface area contributed by atoms with Gasteiger partial charge < -0.3 is 10.1 Å². The van der Waals surface area contributed by atoms with Gasteiger partial charge in [0.2, 0.25) is 5.91 Å². The minimum absolute atomic E-state index is 0.0820. The maximum atomic E-state index is 12.4. The molecule has 1 saturated heterocycles. The summed E-state index contributed by atoms with van der Waals surface area (Å²) < 4.78 is 7.43. The van der Waals surface area contributed by atoms with Crippen LogP contribution in [0.4, 0.5) is 0 Å². The van der Waals surface area contributed by atoms with Crippen molar-refractivity contribution < 1.29 is 9.53 Å². The summed E-state index contributed by atoms with van der Waals surface area (Å²) in [4.78, 5) is 14.8. The van der Waals surface area contributed by atoms with Gasteiger partial charge in [0, 0.05) is 42.5 Å². The van der Waals surface area contributed by atoms with Gasteiger partial charge in [0.1, 0.15) is 0 Å². The molecule has 1 aromatic carbocycles. The van der Waals surface area contributed by atoms with E-state index < -0.39 is 0 Å². The van der Waals surface area contributed by atoms with Crippen molar-refractivity contribution >= 4 is 12.0 Å². The van der Waals surface area contributed by atoms with Gasteiger partial charge in [0.05, 0.1) is 25.5 Å². The van der Waals surface area contributed by atoms with Crippen LogP contribution in [0.2, 0.25) is 0 Å². The molecular weight excluding hydrogens is 376 g/mol. The van der Waals surface area contributed by atoms with Crippen LogP contribution < -0.4 is 5.32 Å². The Morgan fingerprint density at radius 3 is 2.50 bits per heavy atom. The predicted octanol–water partition coefficient (Wildman–Crippen LogP) is 3.10. The van der Waals surface area contributed by atoms with Crippen LogP contribution in [0, 0.1) is 20.8 Å². The van der Waals surface area contributed by atoms with E-state index in [1.807, 2.05) is 24.6 Å². The van der Waals surface area contributed by atoms with Gasteiger partial charge in [-0.2, -0.15) is 5.10 Å². The maximum Gasteiger partial charge on any atom is 0.244 e. The van der Waals surface area contributed by atoms with Gasteiger partial charge in [-0.15, -0.1) is 0 Å². The molecule has 1 aromatic heterocycles. The SMILES string of the molecule is Cc1ccc(Cn2nc(C)c(/C=C/C(=O)NCC(C)(C)N3CCOCC3)c2C)cc1. The molecule has 0 aliphatic carbocycles. The summed E-state index contributed by atoms with van der Waals surface area (Å²) in [7, 11) is 0. The second kappa shape index (κ2) is 9.58. The number of hydrogen-bond donors (Lipinski definition) is 1. The zero-order valence-corrected chi connectivity index (χ0v) is 18.9. The maximum absolute atomic E-state index is 12.4. The van der Waals surface area contributed by atoms with Crippen molar-refractivity contribution in [2.45, 2.75) is 46.7 Å². The van der Waals surface area contributed by atoms with Crippen LogP contribution >= 0.6 is 0 Å². The zero-order chi connectivity index (χ0) is 21.7. The van der Waals surface area contributed by atoms with E-state index in [0.29, 0.717) is 6.54 Å². The molecule has 3 rings (SSSR count). The number of carbonyl (C=O) groups excluding carboxylic acids is 1. The molecule has 1 fully saturated rings. The summed E-state index contributed by atoms with van der Waals surface area (Å²) in [6.45, 7) is 15.1. The molecule has 0 atom stereocenters. The standard InChI is InChI=1S/C24H34N4O2/c1-18-6-8-21(9-7-18)16-28-20(3)22(19(2)26-28)10-11-23(29)25-17-24(4,5)27-12-14-30-15-13-27/h6-11H,12-17H2,1-5H3,(H,25,29)/b11-10+. The molecular formula is C24H34N4O2. The van der Waals surface area contributed by atoms with Crippen LogP contribution in [0.3, 0.4) is 0 Å². The number of hydrogen-bond acceptors (Lipinski definition) is 4. The topological polar surface area (TPSA) is 59.4 Å². The van der Waals surface area contributed by atoms with Crippen molar-refractivity contribution in [1.29, 1.82) is 0 Å². The highest BCUT2D eigenvalue weighted by Crippen LogP contribution is 2.17. The summed E-state index contributed by atoms with van der Waals surface area (Å²) in [5.74, 6) is -0.0820. The quantitative estimate of drug-likeness (QED) is 0.713. The Morgan fingerprint density at radius 2 is 1.83 bits per heavy atom. The van der Waals surface area contributed by atoms with Gasteiger partial charge in [-0.25, -0.2) is 0 Å². The summed E-state index contributed by atoms with van der Waals surface area (Å²) in [6.07, 6.45) is 3.49. The van der Waals surface area contributed by atoms with Crippen molar-refractivity contribution in [2.24, 2.45) is 0 Å². The third kappa shape index (κ3) is 5.58. The first-order valence-corrected chi connectivity index (χ1v) is 10.6. The molecule has 0 radical (unpaired) electrons. The van der Waals surface area contributed by atoms with Gasteiger partial charge in [-0.3, -0.25) is 14.4 Å². The molecule has 0 bridgehead atoms. The van der Waals surface area contributed by atoms with Gasteiger partial charge in [-0.05, 0) is 46.3 Å². The lowest BCUT2D eigenvalue weighted by Gasteiger charge is -2.40. The minimum atomic E-state index is -0.0992. The smallest absolute Gasteiger partial charge is 0.244 e. The average molecular weight is 411 g/mol. The molecule has 6 nitrogen and oxygen atoms in total. The summed E-state index contributed by atoms with van der Waals surface area (Å²) in [5, 5.41) is 7.71. The van der Waals surface area contributed by atoms with Crippen LogP contribution in [-0.4, -0.2) is 59.0 Å². The highest BCUT2D eigenvalue weighted by Gasteiger charge is 2.28. The van der Waals surface area contributed by atoms with Crippen molar-refractivity contribution in [3.63, 3.8) is 0 Å². The summed E-state index contributed by atoms with van der Waals surface area (Å²) >= 11 is 0. The Balaban J connectivity index is 1.60. The van der Waals surface area contributed by atoms with Crippen LogP contribution in [0.5, 0.6) is 0 Å². The van der Waals surface area contributed by atoms with E-state index in [-0.39, 0.29) is 11.4 Å². The van der Waals surface area contributed by atoms with Crippen molar-refractivity contribution in [3.05, 3.63) is 58.4 Å². The molecule has 1 N–H and O–H groups in total. The number of carbonyl (C=O) groups is 1. The largest absolute Gasteiger partial charge is 0.379 e. The Hall–Kier alpha value is -2.44. The predicted molar refractivity (Wildman–Crippen MR) is 120 cm³/mol. The zero-order valence-electron chi connectivity index (χ0n) is 18.9. The van der Waals surface area contributed by atoms with E-state index in [9.17, 15) is 4.79 Å². The lowest BCUT2D eigenvalue weighted by molar-refractivity contribution is -0.117. The number of morpholine rings is 1. The molecule has 6 heteroatoms. The summed E-state index contributed by atoms with van der Waals surface area (Å²) in [5.41, 5.74) is 5.36. The van der Waals surface area contributed by atoms with E-state index in [0.717, 1.165) is 49.8 Å². The highest BCUT2D eigenvalue weighted by atomic mass is 16.5. The lowest BCUT2D eigenvalue weighted by atomic mass is 10.0. The molecule has 0 saturated carbocycles. The second-order valence-corrected chi connectivity index (χ2v) is 8.69. The minimum Gasteiger partial charge on any atom is -0.379 e. The van der Waals surface area contributed by atoms with Crippen molar-refractivity contribution in [1.82, 2.24) is 20.0 Å². The van der Waals surface area contributed by atoms with Gasteiger partial charge >= 0.3 is 0 Å². The van der Waals surface area contributed by atoms with E-state index >= 15 is 0 Å². The van der Waals surface area contributed by atoms with Crippen LogP contribution in [-0.2, 0) is 16.1 Å². The molecule has 1 aliphatic rings. The number of nitrogens with zero attached hydrogens (tertiary/aromatic N) is 3. The Kier molecular flexibility index (Phi) is 7.10. The van der Waals surface area contributed by atoms with Crippen molar-refractivity contribution in [2.75, 3.05) is 32.8 Å². The first-order chi connectivity index (χ1) is 14.3. The van der Waals surface area contributed by atoms with Gasteiger partial charge in [0.15, 0.2) is 0 Å². The van der Waals surface area contributed by atoms with Gasteiger partial charge in [-0.1, -0.05) is 29.8 Å². The number of amides is 1. The molecule has 2 aromatic rings. The molecule has 162 valence electrons. The Labute approximate surface area is 179 Å². The van der Waals surface area contributed by atoms with Crippen LogP contribution in [0.25, 0.3) is 6.08 Å². The number of benzene rings is 1. The number of aromatic nitrogens is 2. The fourth-order valence-corrected chi connectivity index (χ4v) is 3.77. The lowest BCUT2D eigenvalue weighted by Crippen LogP contribution is -2.55. The normalized spacial score (nSPS) is 15.6. The highest BCUT2D eigenvalue weighted by molar-refractivity contribution is 5.92. The Morgan fingerprint density at radius 1 is 1.17 bits per heavy atom. The third-order valence-corrected chi connectivity index (χ3v) is 5.85. The molecule has 30 heavy (non-hydrogen) atoms. The molecule has 1 aliphatic heterocycles. The fourth-order valence-electron chi connectivity index (χ4n) is 3.77. The third-order valence-electron chi connectivity index (χ3n) is 5.85. The molecule has 1 amide bonds. The molecule has 2 heterocycles. The van der Waals surface area contributed by atoms with E-state index in [4.69, 9.17) is 4.74 Å². The average Bonchev–Trinajstić information content (AvgIpc) is 3.00. The fraction of sp³-hybridized carbons (Fsp3) is 0.500. The second-order valence-electron chi connectivity index (χ2n) is 8.69. The number of rotatable bonds is 7. The van der Waals surface area contributed by atoms with Crippen LogP contribution in [0.1, 0.15) is 41.9 Å². The first kappa shape index (κ1) is 22.2. The number of ether oxygens (including phenoxy) is 1. The Bertz CT molecular complexity index is 891. The number of aryl methyl sites for hydroxylation is 2. The first-order valence-electron chi connectivity index (χ1n) is 10.6. The molecule has 0 spiro atoms. The van der Waals surface area contributed by atoms with E-state index in [1.165, 1.54) is 11.1 Å². The van der Waals surface area contributed by atoms with Crippen LogP contribution in [0.15, 0.2) is 30.3 Å². The van der Waals surface area contributed by atoms with E-state index in [1.54, 1.807) is 6.08 Å². The monoisotopic (exact) mass is 410 g/mol. The molecule has 0 unspecified atom stereocenters. The summed E-state index contributed by atoms with van der Waals surface area (Å²) in [6, 6.07) is 8.49. The van der Waals surface area contributed by atoms with Crippen molar-refractivity contribution in [3.8, 4) is 0 Å². The number of nitrogens with one attached hydrogen (secondary N) is 1.